The molecule has 0 spiro atoms. The first-order chi connectivity index (χ1) is 8.96. The van der Waals surface area contributed by atoms with E-state index in [1.54, 1.807) is 21.3 Å². The zero-order valence-corrected chi connectivity index (χ0v) is 13.6. The molecule has 0 aromatic carbocycles. The van der Waals surface area contributed by atoms with Gasteiger partial charge in [-0.15, -0.1) is 0 Å². The summed E-state index contributed by atoms with van der Waals surface area (Å²) < 4.78 is 30.3. The largest absolute Gasteiger partial charge is 0.382 e. The highest BCUT2D eigenvalue weighted by atomic mass is 32.4. The summed E-state index contributed by atoms with van der Waals surface area (Å²) in [5.41, 5.74) is 0. The Morgan fingerprint density at radius 3 is 2.37 bits per heavy atom. The molecule has 0 N–H and O–H groups in total. The maximum absolute atomic E-state index is 5.96. The van der Waals surface area contributed by atoms with Gasteiger partial charge < -0.3 is 23.5 Å². The van der Waals surface area contributed by atoms with Crippen molar-refractivity contribution < 1.29 is 23.5 Å². The van der Waals surface area contributed by atoms with Crippen molar-refractivity contribution in [1.82, 2.24) is 4.67 Å². The van der Waals surface area contributed by atoms with Crippen LogP contribution in [0.1, 0.15) is 0 Å². The topological polar surface area (TPSA) is 49.4 Å². The van der Waals surface area contributed by atoms with Crippen molar-refractivity contribution in [2.24, 2.45) is 0 Å². The monoisotopic (exact) mass is 311 g/mol. The first-order valence-corrected chi connectivity index (χ1v) is 9.27. The van der Waals surface area contributed by atoms with Crippen molar-refractivity contribution >= 4 is 18.2 Å². The number of hydrogen-bond donors (Lipinski definition) is 0. The maximum Gasteiger partial charge on any atom is 0.182 e. The Bertz CT molecular complexity index is 371. The molecule has 0 radical (unpaired) electrons. The fourth-order valence-electron chi connectivity index (χ4n) is 2.73. The van der Waals surface area contributed by atoms with Gasteiger partial charge in [0.05, 0.1) is 12.6 Å². The second-order valence-corrected chi connectivity index (χ2v) is 9.35. The molecule has 0 amide bonds. The molecule has 19 heavy (non-hydrogen) atoms. The van der Waals surface area contributed by atoms with E-state index in [2.05, 4.69) is 4.67 Å². The summed E-state index contributed by atoms with van der Waals surface area (Å²) >= 11 is 5.53. The normalized spacial score (nSPS) is 47.3. The Kier molecular flexibility index (Phi) is 5.02. The van der Waals surface area contributed by atoms with E-state index in [4.69, 9.17) is 35.3 Å². The van der Waals surface area contributed by atoms with Gasteiger partial charge in [-0.05, 0) is 7.05 Å². The van der Waals surface area contributed by atoms with Gasteiger partial charge in [0.1, 0.15) is 24.7 Å². The zero-order valence-electron chi connectivity index (χ0n) is 11.9. The van der Waals surface area contributed by atoms with Gasteiger partial charge in [0.25, 0.3) is 0 Å². The Labute approximate surface area is 119 Å². The molecule has 6 atom stereocenters. The third kappa shape index (κ3) is 2.76. The minimum Gasteiger partial charge on any atom is -0.382 e. The highest BCUT2D eigenvalue weighted by molar-refractivity contribution is 8.10. The molecule has 2 saturated heterocycles. The lowest BCUT2D eigenvalue weighted by atomic mass is 9.97. The van der Waals surface area contributed by atoms with Crippen molar-refractivity contribution in [3.8, 4) is 0 Å². The Hall–Kier alpha value is 0.410. The van der Waals surface area contributed by atoms with Crippen LogP contribution in [0.5, 0.6) is 0 Å². The van der Waals surface area contributed by atoms with Crippen LogP contribution in [-0.4, -0.2) is 77.0 Å². The van der Waals surface area contributed by atoms with E-state index in [0.29, 0.717) is 6.61 Å². The molecule has 2 aliphatic heterocycles. The molecule has 0 aromatic heterocycles. The highest BCUT2D eigenvalue weighted by Crippen LogP contribution is 2.57. The third-order valence-corrected chi connectivity index (χ3v) is 6.84. The Morgan fingerprint density at radius 2 is 1.84 bits per heavy atom. The SMILES string of the molecule is COC[C@H]1O[C@H]2O[P@@](C)(=S)N(C)[C@@H]2[C@@H](OC)[C@@H]1OC. The summed E-state index contributed by atoms with van der Waals surface area (Å²) in [5.74, 6) is 0. The van der Waals surface area contributed by atoms with E-state index in [9.17, 15) is 0 Å². The molecule has 0 unspecified atom stereocenters. The van der Waals surface area contributed by atoms with E-state index in [0.717, 1.165) is 0 Å². The first-order valence-electron chi connectivity index (χ1n) is 6.15. The summed E-state index contributed by atoms with van der Waals surface area (Å²) in [7, 11) is 6.93. The number of nitrogens with zero attached hydrogens (tertiary/aromatic N) is 1. The lowest BCUT2D eigenvalue weighted by molar-refractivity contribution is -0.250. The number of ether oxygens (including phenoxy) is 4. The summed E-state index contributed by atoms with van der Waals surface area (Å²) in [6.45, 7) is 2.38. The summed E-state index contributed by atoms with van der Waals surface area (Å²) in [4.78, 5) is 0. The number of rotatable bonds is 4. The number of likely N-dealkylation sites (N-methyl/N-ethyl adjacent to an activating group) is 1. The first kappa shape index (κ1) is 15.8. The van der Waals surface area contributed by atoms with Crippen LogP contribution in [0.2, 0.25) is 0 Å². The van der Waals surface area contributed by atoms with Gasteiger partial charge >= 0.3 is 0 Å². The zero-order chi connectivity index (χ0) is 14.2. The number of fused-ring (bicyclic) bond motifs is 1. The van der Waals surface area contributed by atoms with E-state index in [1.165, 1.54) is 0 Å². The standard InChI is InChI=1S/C11H22NO5PS/c1-12-8-10(15-4)9(14-3)7(6-13-2)16-11(8)17-18(12,5)19/h7-11H,6H2,1-5H3/t7-,8-,9-,10-,11+,18+/m1/s1. The molecule has 6 nitrogen and oxygen atoms in total. The summed E-state index contributed by atoms with van der Waals surface area (Å²) in [6, 6.07) is -0.0427. The minimum atomic E-state index is -2.01. The predicted octanol–water partition coefficient (Wildman–Crippen LogP) is 0.658. The number of hydrogen-bond acceptors (Lipinski definition) is 6. The molecule has 0 aliphatic carbocycles. The van der Waals surface area contributed by atoms with Gasteiger partial charge in [-0.3, -0.25) is 0 Å². The predicted molar refractivity (Wildman–Crippen MR) is 75.0 cm³/mol. The third-order valence-electron chi connectivity index (χ3n) is 3.79. The van der Waals surface area contributed by atoms with Crippen LogP contribution in [0.3, 0.4) is 0 Å². The van der Waals surface area contributed by atoms with Crippen molar-refractivity contribution in [3.05, 3.63) is 0 Å². The van der Waals surface area contributed by atoms with Crippen molar-refractivity contribution in [2.45, 2.75) is 30.6 Å². The molecule has 2 heterocycles. The molecule has 2 rings (SSSR count). The van der Waals surface area contributed by atoms with Crippen LogP contribution in [0.4, 0.5) is 0 Å². The van der Waals surface area contributed by atoms with Crippen molar-refractivity contribution in [2.75, 3.05) is 41.6 Å². The summed E-state index contributed by atoms with van der Waals surface area (Å²) in [5, 5.41) is 0. The van der Waals surface area contributed by atoms with E-state index in [-0.39, 0.29) is 30.6 Å². The molecular formula is C11H22NO5PS. The van der Waals surface area contributed by atoms with Crippen LogP contribution in [0.25, 0.3) is 0 Å². The molecule has 2 aliphatic rings. The van der Waals surface area contributed by atoms with Gasteiger partial charge in [0.2, 0.25) is 0 Å². The van der Waals surface area contributed by atoms with Gasteiger partial charge in [-0.2, -0.15) is 0 Å². The Morgan fingerprint density at radius 1 is 1.21 bits per heavy atom. The highest BCUT2D eigenvalue weighted by Gasteiger charge is 2.55. The second kappa shape index (κ2) is 6.03. The molecular weight excluding hydrogens is 289 g/mol. The molecule has 112 valence electrons. The van der Waals surface area contributed by atoms with Crippen molar-refractivity contribution in [3.63, 3.8) is 0 Å². The van der Waals surface area contributed by atoms with E-state index in [1.807, 2.05) is 13.7 Å². The van der Waals surface area contributed by atoms with Gasteiger partial charge in [0.15, 0.2) is 6.29 Å². The second-order valence-electron chi connectivity index (χ2n) is 4.87. The molecule has 2 fully saturated rings. The lowest BCUT2D eigenvalue weighted by Crippen LogP contribution is -2.61. The van der Waals surface area contributed by atoms with Gasteiger partial charge in [-0.1, -0.05) is 11.8 Å². The average molecular weight is 311 g/mol. The van der Waals surface area contributed by atoms with E-state index >= 15 is 0 Å². The average Bonchev–Trinajstić information content (AvgIpc) is 2.58. The molecule has 0 saturated carbocycles. The van der Waals surface area contributed by atoms with E-state index < -0.39 is 6.42 Å². The fourth-order valence-corrected chi connectivity index (χ4v) is 4.75. The lowest BCUT2D eigenvalue weighted by Gasteiger charge is -2.43. The van der Waals surface area contributed by atoms with Crippen LogP contribution in [-0.2, 0) is 35.3 Å². The quantitative estimate of drug-likeness (QED) is 0.707. The molecule has 0 bridgehead atoms. The smallest absolute Gasteiger partial charge is 0.182 e. The van der Waals surface area contributed by atoms with Gasteiger partial charge in [0, 0.05) is 28.0 Å². The van der Waals surface area contributed by atoms with Crippen LogP contribution in [0, 0.1) is 0 Å². The van der Waals surface area contributed by atoms with Crippen LogP contribution in [0.15, 0.2) is 0 Å². The molecule has 8 heteroatoms. The Balaban J connectivity index is 2.27. The van der Waals surface area contributed by atoms with Gasteiger partial charge in [-0.25, -0.2) is 4.67 Å². The van der Waals surface area contributed by atoms with Crippen LogP contribution >= 0.6 is 6.42 Å². The van der Waals surface area contributed by atoms with Crippen molar-refractivity contribution in [1.29, 1.82) is 0 Å². The van der Waals surface area contributed by atoms with Crippen LogP contribution < -0.4 is 0 Å². The fraction of sp³-hybridized carbons (Fsp3) is 1.00. The molecule has 0 aromatic rings. The minimum absolute atomic E-state index is 0.0427. The maximum atomic E-state index is 5.96. The summed E-state index contributed by atoms with van der Waals surface area (Å²) in [6.07, 6.45) is -2.96. The number of methoxy groups -OCH3 is 3.